The van der Waals surface area contributed by atoms with Gasteiger partial charge in [-0.25, -0.2) is 15.0 Å². The van der Waals surface area contributed by atoms with Crippen molar-refractivity contribution < 1.29 is 0 Å². The van der Waals surface area contributed by atoms with E-state index in [1.807, 2.05) is 44.4 Å². The summed E-state index contributed by atoms with van der Waals surface area (Å²) in [6.07, 6.45) is 3.81. The lowest BCUT2D eigenvalue weighted by Crippen LogP contribution is -2.00. The zero-order chi connectivity index (χ0) is 33.9. The molecule has 0 bridgehead atoms. The molecule has 0 aliphatic carbocycles. The number of hydrogen-bond donors (Lipinski definition) is 0. The quantitative estimate of drug-likeness (QED) is 0.173. The van der Waals surface area contributed by atoms with Crippen LogP contribution in [-0.2, 0) is 0 Å². The zero-order valence-corrected chi connectivity index (χ0v) is 27.8. The minimum absolute atomic E-state index is 0.614. The Labute approximate surface area is 292 Å². The van der Waals surface area contributed by atoms with Crippen LogP contribution in [-0.4, -0.2) is 24.9 Å². The fourth-order valence-corrected chi connectivity index (χ4v) is 5.99. The molecule has 5 heteroatoms. The number of hydrogen-bond acceptors (Lipinski definition) is 5. The molecule has 0 radical (unpaired) electrons. The molecule has 50 heavy (non-hydrogen) atoms. The van der Waals surface area contributed by atoms with Gasteiger partial charge in [0, 0.05) is 51.6 Å². The number of benzene rings is 5. The highest BCUT2D eigenvalue weighted by Gasteiger charge is 2.14. The molecule has 5 aromatic carbocycles. The van der Waals surface area contributed by atoms with E-state index in [2.05, 4.69) is 143 Å². The van der Waals surface area contributed by atoms with Crippen molar-refractivity contribution in [1.82, 2.24) is 24.9 Å². The van der Waals surface area contributed by atoms with Gasteiger partial charge in [0.25, 0.3) is 0 Å². The Morgan fingerprint density at radius 3 is 1.08 bits per heavy atom. The summed E-state index contributed by atoms with van der Waals surface area (Å²) in [6.45, 7) is 3.99. The van der Waals surface area contributed by atoms with Crippen molar-refractivity contribution in [3.05, 3.63) is 175 Å². The second kappa shape index (κ2) is 13.5. The summed E-state index contributed by atoms with van der Waals surface area (Å²) in [4.78, 5) is 24.0. The highest BCUT2D eigenvalue weighted by Crippen LogP contribution is 2.31. The molecule has 8 aromatic rings. The van der Waals surface area contributed by atoms with Gasteiger partial charge in [0.05, 0.1) is 0 Å². The van der Waals surface area contributed by atoms with E-state index in [1.54, 1.807) is 0 Å². The van der Waals surface area contributed by atoms with Crippen LogP contribution in [0.2, 0.25) is 0 Å². The van der Waals surface area contributed by atoms with Gasteiger partial charge in [-0.15, -0.1) is 0 Å². The monoisotopic (exact) mass is 643 g/mol. The van der Waals surface area contributed by atoms with Gasteiger partial charge < -0.3 is 0 Å². The van der Waals surface area contributed by atoms with E-state index in [0.717, 1.165) is 61.5 Å². The van der Waals surface area contributed by atoms with Crippen LogP contribution in [0.3, 0.4) is 0 Å². The highest BCUT2D eigenvalue weighted by atomic mass is 15.0. The smallest absolute Gasteiger partial charge is 0.164 e. The van der Waals surface area contributed by atoms with E-state index in [4.69, 9.17) is 15.0 Å². The predicted molar refractivity (Wildman–Crippen MR) is 203 cm³/mol. The molecule has 0 amide bonds. The second-order valence-electron chi connectivity index (χ2n) is 12.4. The number of aromatic nitrogens is 5. The first-order valence-corrected chi connectivity index (χ1v) is 16.7. The Balaban J connectivity index is 1.17. The van der Waals surface area contributed by atoms with Gasteiger partial charge >= 0.3 is 0 Å². The van der Waals surface area contributed by atoms with Crippen LogP contribution >= 0.6 is 0 Å². The van der Waals surface area contributed by atoms with Crippen molar-refractivity contribution in [3.63, 3.8) is 0 Å². The first-order chi connectivity index (χ1) is 24.6. The Bertz CT molecular complexity index is 2280. The summed E-state index contributed by atoms with van der Waals surface area (Å²) in [7, 11) is 0. The third kappa shape index (κ3) is 6.58. The SMILES string of the molecule is Cc1ccc(-c2ccc(-c3nc(-c4ccc(-c5ccc(C)nc5)cc4)nc(-c4cccc(-c5ccc(-c6ccccc6)cc5)c4)n3)cc2)cn1. The van der Waals surface area contributed by atoms with E-state index in [1.165, 1.54) is 11.1 Å². The fourth-order valence-electron chi connectivity index (χ4n) is 5.99. The van der Waals surface area contributed by atoms with E-state index >= 15 is 0 Å². The van der Waals surface area contributed by atoms with E-state index in [-0.39, 0.29) is 0 Å². The average molecular weight is 644 g/mol. The zero-order valence-electron chi connectivity index (χ0n) is 27.8. The number of pyridine rings is 2. The Morgan fingerprint density at radius 2 is 0.620 bits per heavy atom. The number of aryl methyl sites for hydroxylation is 2. The van der Waals surface area contributed by atoms with Crippen molar-refractivity contribution in [1.29, 1.82) is 0 Å². The molecular formula is C45H33N5. The van der Waals surface area contributed by atoms with Crippen LogP contribution in [0.4, 0.5) is 0 Å². The molecule has 0 unspecified atom stereocenters. The van der Waals surface area contributed by atoms with Crippen molar-refractivity contribution in [2.45, 2.75) is 13.8 Å². The standard InChI is InChI=1S/C45H33N5/c1-30-11-13-41(28-46-30)35-19-23-37(24-20-35)43-48-44(38-25-21-36(22-26-38)42-14-12-31(2)47-29-42)50-45(49-43)40-10-6-9-39(27-40)34-17-15-33(16-18-34)32-7-4-3-5-8-32/h3-29H,1-2H3. The summed E-state index contributed by atoms with van der Waals surface area (Å²) >= 11 is 0. The van der Waals surface area contributed by atoms with Gasteiger partial charge in [-0.3, -0.25) is 9.97 Å². The van der Waals surface area contributed by atoms with Gasteiger partial charge in [-0.05, 0) is 65.4 Å². The summed E-state index contributed by atoms with van der Waals surface area (Å²) in [5, 5.41) is 0. The molecule has 5 nitrogen and oxygen atoms in total. The maximum Gasteiger partial charge on any atom is 0.164 e. The summed E-state index contributed by atoms with van der Waals surface area (Å²) in [5.74, 6) is 1.84. The van der Waals surface area contributed by atoms with E-state index in [0.29, 0.717) is 17.5 Å². The molecule has 3 heterocycles. The van der Waals surface area contributed by atoms with Crippen LogP contribution in [0.5, 0.6) is 0 Å². The molecular weight excluding hydrogens is 611 g/mol. The fraction of sp³-hybridized carbons (Fsp3) is 0.0444. The molecule has 0 aliphatic heterocycles. The largest absolute Gasteiger partial charge is 0.261 e. The van der Waals surface area contributed by atoms with Crippen LogP contribution in [0.25, 0.3) is 78.7 Å². The number of nitrogens with zero attached hydrogens (tertiary/aromatic N) is 5. The molecule has 0 atom stereocenters. The average Bonchev–Trinajstić information content (AvgIpc) is 3.19. The van der Waals surface area contributed by atoms with E-state index < -0.39 is 0 Å². The van der Waals surface area contributed by atoms with Gasteiger partial charge in [0.15, 0.2) is 17.5 Å². The molecule has 0 spiro atoms. The molecule has 0 fully saturated rings. The minimum Gasteiger partial charge on any atom is -0.261 e. The van der Waals surface area contributed by atoms with E-state index in [9.17, 15) is 0 Å². The third-order valence-corrected chi connectivity index (χ3v) is 8.86. The van der Waals surface area contributed by atoms with Crippen molar-refractivity contribution in [2.24, 2.45) is 0 Å². The van der Waals surface area contributed by atoms with Crippen molar-refractivity contribution in [3.8, 4) is 78.7 Å². The second-order valence-corrected chi connectivity index (χ2v) is 12.4. The maximum atomic E-state index is 5.03. The number of rotatable bonds is 7. The van der Waals surface area contributed by atoms with Crippen LogP contribution in [0.15, 0.2) is 164 Å². The summed E-state index contributed by atoms with van der Waals surface area (Å²) < 4.78 is 0. The molecule has 0 N–H and O–H groups in total. The van der Waals surface area contributed by atoms with Gasteiger partial charge in [0.2, 0.25) is 0 Å². The Morgan fingerprint density at radius 1 is 0.280 bits per heavy atom. The first kappa shape index (κ1) is 30.7. The molecule has 0 saturated carbocycles. The summed E-state index contributed by atoms with van der Waals surface area (Å²) in [5.41, 5.74) is 13.6. The van der Waals surface area contributed by atoms with Gasteiger partial charge in [0.1, 0.15) is 0 Å². The normalized spacial score (nSPS) is 11.0. The van der Waals surface area contributed by atoms with Gasteiger partial charge in [-0.1, -0.05) is 133 Å². The topological polar surface area (TPSA) is 64.5 Å². The van der Waals surface area contributed by atoms with Crippen LogP contribution in [0, 0.1) is 13.8 Å². The molecule has 0 aliphatic rings. The summed E-state index contributed by atoms with van der Waals surface area (Å²) in [6, 6.07) is 52.4. The lowest BCUT2D eigenvalue weighted by Gasteiger charge is -2.11. The molecule has 238 valence electrons. The predicted octanol–water partition coefficient (Wildman–Crippen LogP) is 10.9. The van der Waals surface area contributed by atoms with Crippen LogP contribution in [0.1, 0.15) is 11.4 Å². The Kier molecular flexibility index (Phi) is 8.29. The highest BCUT2D eigenvalue weighted by molar-refractivity contribution is 5.76. The molecule has 8 rings (SSSR count). The molecule has 3 aromatic heterocycles. The third-order valence-electron chi connectivity index (χ3n) is 8.86. The maximum absolute atomic E-state index is 5.03. The van der Waals surface area contributed by atoms with Crippen LogP contribution < -0.4 is 0 Å². The van der Waals surface area contributed by atoms with Crippen molar-refractivity contribution in [2.75, 3.05) is 0 Å². The minimum atomic E-state index is 0.614. The Hall–Kier alpha value is -6.59. The van der Waals surface area contributed by atoms with Crippen molar-refractivity contribution >= 4 is 0 Å². The lowest BCUT2D eigenvalue weighted by atomic mass is 9.99. The lowest BCUT2D eigenvalue weighted by molar-refractivity contribution is 1.07. The first-order valence-electron chi connectivity index (χ1n) is 16.7. The molecule has 0 saturated heterocycles. The van der Waals surface area contributed by atoms with Gasteiger partial charge in [-0.2, -0.15) is 0 Å².